The lowest BCUT2D eigenvalue weighted by Gasteiger charge is -2.10. The van der Waals surface area contributed by atoms with Crippen molar-refractivity contribution in [3.05, 3.63) is 164 Å². The van der Waals surface area contributed by atoms with E-state index in [0.717, 1.165) is 24.3 Å². The summed E-state index contributed by atoms with van der Waals surface area (Å²) in [7, 11) is -14.2. The molecule has 382 valence electrons. The second-order valence-corrected chi connectivity index (χ2v) is 19.9. The van der Waals surface area contributed by atoms with E-state index in [1.165, 1.54) is 84.9 Å². The molecule has 0 aliphatic heterocycles. The average molecular weight is 1080 g/mol. The summed E-state index contributed by atoms with van der Waals surface area (Å²) >= 11 is 0. The molecule has 11 N–H and O–H groups in total. The molecule has 0 aromatic heterocycles. The second kappa shape index (κ2) is 22.2. The molecule has 76 heavy (non-hydrogen) atoms. The number of nitrogens with two attached hydrogens (primary N) is 4. The summed E-state index contributed by atoms with van der Waals surface area (Å²) in [6.45, 7) is 0. The number of benzene rings is 8. The fraction of sp³-hybridized carbons (Fsp3) is 0. The molecule has 8 aromatic carbocycles. The van der Waals surface area contributed by atoms with Gasteiger partial charge in [-0.1, -0.05) is 36.4 Å². The molecule has 0 saturated heterocycles. The van der Waals surface area contributed by atoms with Crippen LogP contribution in [0, 0.1) is 0 Å². The van der Waals surface area contributed by atoms with Crippen molar-refractivity contribution >= 4 is 121 Å². The van der Waals surface area contributed by atoms with Crippen LogP contribution in [-0.4, -0.2) is 38.9 Å². The maximum Gasteiger partial charge on any atom is 0.296 e. The number of hydrogen-bond acceptors (Lipinski definition) is 22. The molecule has 25 nitrogen and oxygen atoms in total. The molecule has 0 fully saturated rings. The second-order valence-electron chi connectivity index (χ2n) is 15.7. The zero-order valence-electron chi connectivity index (χ0n) is 38.8. The van der Waals surface area contributed by atoms with Crippen LogP contribution in [0.15, 0.2) is 240 Å². The summed E-state index contributed by atoms with van der Waals surface area (Å²) in [5.41, 5.74) is 27.2. The van der Waals surface area contributed by atoms with E-state index in [4.69, 9.17) is 27.5 Å². The minimum atomic E-state index is -4.96. The Bertz CT molecular complexity index is 4030. The highest BCUT2D eigenvalue weighted by Gasteiger charge is 2.23. The van der Waals surface area contributed by atoms with Gasteiger partial charge in [-0.15, -0.1) is 20.5 Å². The molecule has 8 aromatic rings. The highest BCUT2D eigenvalue weighted by atomic mass is 32.2. The van der Waals surface area contributed by atoms with E-state index in [1.54, 1.807) is 24.3 Å². The number of nitrogen functional groups attached to an aromatic ring is 4. The first-order valence-corrected chi connectivity index (χ1v) is 25.9. The number of hydrogen-bond donors (Lipinski definition) is 7. The molecule has 8 rings (SSSR count). The Labute approximate surface area is 432 Å². The van der Waals surface area contributed by atoms with E-state index in [9.17, 15) is 34.4 Å². The van der Waals surface area contributed by atoms with Crippen molar-refractivity contribution in [1.82, 2.24) is 0 Å². The van der Waals surface area contributed by atoms with E-state index in [1.807, 2.05) is 30.3 Å². The first-order valence-electron chi connectivity index (χ1n) is 21.6. The Morgan fingerprint density at radius 3 is 1.21 bits per heavy atom. The third-order valence-electron chi connectivity index (χ3n) is 10.5. The number of anilines is 4. The summed E-state index contributed by atoms with van der Waals surface area (Å²) in [4.78, 5) is -1.60. The Morgan fingerprint density at radius 1 is 0.316 bits per heavy atom. The number of nitrogens with zero attached hydrogens (tertiary/aromatic N) is 12. The maximum absolute atomic E-state index is 12.7. The summed E-state index contributed by atoms with van der Waals surface area (Å²) in [6.07, 6.45) is 0. The summed E-state index contributed by atoms with van der Waals surface area (Å²) in [5.74, 6) is 0. The summed E-state index contributed by atoms with van der Waals surface area (Å²) in [6, 6.07) is 40.7. The smallest absolute Gasteiger partial charge is 0.296 e. The average Bonchev–Trinajstić information content (AvgIpc) is 3.39. The van der Waals surface area contributed by atoms with Gasteiger partial charge in [-0.3, -0.25) is 13.7 Å². The van der Waals surface area contributed by atoms with Crippen LogP contribution in [0.3, 0.4) is 0 Å². The summed E-state index contributed by atoms with van der Waals surface area (Å²) < 4.78 is 102. The third-order valence-corrected chi connectivity index (χ3v) is 13.1. The van der Waals surface area contributed by atoms with Gasteiger partial charge < -0.3 is 22.9 Å². The van der Waals surface area contributed by atoms with Gasteiger partial charge in [-0.2, -0.15) is 66.2 Å². The first kappa shape index (κ1) is 52.6. The predicted molar refractivity (Wildman–Crippen MR) is 283 cm³/mol. The van der Waals surface area contributed by atoms with Gasteiger partial charge in [0.25, 0.3) is 30.4 Å². The third kappa shape index (κ3) is 13.1. The molecule has 0 atom stereocenters. The van der Waals surface area contributed by atoms with Gasteiger partial charge in [0.05, 0.1) is 73.1 Å². The van der Waals surface area contributed by atoms with Gasteiger partial charge in [0.2, 0.25) is 0 Å². The Balaban J connectivity index is 0.970. The first-order chi connectivity index (χ1) is 36.2. The maximum atomic E-state index is 12.7. The van der Waals surface area contributed by atoms with Crippen LogP contribution in [0.4, 0.5) is 91.0 Å². The van der Waals surface area contributed by atoms with E-state index in [2.05, 4.69) is 61.4 Å². The van der Waals surface area contributed by atoms with E-state index in [-0.39, 0.29) is 67.3 Å². The van der Waals surface area contributed by atoms with Crippen molar-refractivity contribution < 1.29 is 38.9 Å². The van der Waals surface area contributed by atoms with Crippen molar-refractivity contribution in [2.45, 2.75) is 14.7 Å². The molecule has 0 heterocycles. The van der Waals surface area contributed by atoms with Crippen LogP contribution in [0.25, 0.3) is 11.1 Å². The Kier molecular flexibility index (Phi) is 15.4. The highest BCUT2D eigenvalue weighted by Crippen LogP contribution is 2.44. The summed E-state index contributed by atoms with van der Waals surface area (Å²) in [5, 5.41) is 49.5. The molecular weight excluding hydrogens is 1040 g/mol. The lowest BCUT2D eigenvalue weighted by atomic mass is 10.0. The molecule has 0 aliphatic carbocycles. The van der Waals surface area contributed by atoms with Crippen LogP contribution < -0.4 is 22.9 Å². The van der Waals surface area contributed by atoms with Gasteiger partial charge in [0.15, 0.2) is 0 Å². The van der Waals surface area contributed by atoms with E-state index in [0.29, 0.717) is 34.0 Å². The number of rotatable bonds is 16. The van der Waals surface area contributed by atoms with Gasteiger partial charge in [0.1, 0.15) is 32.5 Å². The number of azo groups is 6. The molecule has 0 aliphatic rings. The fourth-order valence-electron chi connectivity index (χ4n) is 6.63. The molecule has 0 amide bonds. The molecular formula is C48H38N16O9S3. The monoisotopic (exact) mass is 1080 g/mol. The van der Waals surface area contributed by atoms with Crippen molar-refractivity contribution in [3.8, 4) is 11.1 Å². The Morgan fingerprint density at radius 2 is 0.711 bits per heavy atom. The predicted octanol–water partition coefficient (Wildman–Crippen LogP) is 13.9. The van der Waals surface area contributed by atoms with Crippen LogP contribution in [-0.2, 0) is 30.4 Å². The molecule has 0 radical (unpaired) electrons. The Hall–Kier alpha value is -9.71. The van der Waals surface area contributed by atoms with Crippen molar-refractivity contribution in [1.29, 1.82) is 0 Å². The van der Waals surface area contributed by atoms with Crippen LogP contribution in [0.5, 0.6) is 0 Å². The quantitative estimate of drug-likeness (QED) is 0.0269. The SMILES string of the molecule is Nc1ccc(N=Nc2ccc(-c3ccc(N=Nc4cc(S(=O)(=O)O)c(N)c(N=Nc5ccc(N=Nc6ccc(S(=O)(=O)O)cc6)cc5)c4N)cc3)c(S(=O)(=O)O)c2)c(N)c1N=Nc1ccc(N=Nc2ccccc2)cc1. The van der Waals surface area contributed by atoms with Crippen molar-refractivity contribution in [3.63, 3.8) is 0 Å². The van der Waals surface area contributed by atoms with Gasteiger partial charge in [0, 0.05) is 5.56 Å². The zero-order chi connectivity index (χ0) is 54.2. The topological polar surface area (TPSA) is 416 Å². The van der Waals surface area contributed by atoms with Crippen LogP contribution in [0.2, 0.25) is 0 Å². The lowest BCUT2D eigenvalue weighted by Crippen LogP contribution is -2.05. The minimum Gasteiger partial charge on any atom is -0.397 e. The van der Waals surface area contributed by atoms with Crippen molar-refractivity contribution in [2.75, 3.05) is 22.9 Å². The van der Waals surface area contributed by atoms with Crippen LogP contribution >= 0.6 is 0 Å². The molecule has 0 spiro atoms. The van der Waals surface area contributed by atoms with Crippen LogP contribution in [0.1, 0.15) is 0 Å². The lowest BCUT2D eigenvalue weighted by molar-refractivity contribution is 0.481. The van der Waals surface area contributed by atoms with Gasteiger partial charge in [-0.25, -0.2) is 0 Å². The van der Waals surface area contributed by atoms with Gasteiger partial charge in [-0.05, 0) is 133 Å². The fourth-order valence-corrected chi connectivity index (χ4v) is 8.48. The molecule has 0 unspecified atom stereocenters. The van der Waals surface area contributed by atoms with E-state index >= 15 is 0 Å². The molecule has 0 bridgehead atoms. The largest absolute Gasteiger partial charge is 0.397 e. The van der Waals surface area contributed by atoms with Crippen molar-refractivity contribution in [2.24, 2.45) is 61.4 Å². The molecule has 28 heteroatoms. The normalized spacial score (nSPS) is 12.6. The minimum absolute atomic E-state index is 0.0271. The van der Waals surface area contributed by atoms with Gasteiger partial charge >= 0.3 is 0 Å². The molecule has 0 saturated carbocycles. The zero-order valence-corrected chi connectivity index (χ0v) is 41.2. The highest BCUT2D eigenvalue weighted by molar-refractivity contribution is 7.86. The van der Waals surface area contributed by atoms with E-state index < -0.39 is 45.8 Å². The standard InChI is InChI=1S/C48H38N16O9S3/c49-39-24-25-40(44(50)47(39)63-58-33-14-10-31(11-15-33)54-53-29-4-2-1-3-5-29)61-60-36-20-23-38(42(26-36)75(68,69)70)28-6-8-30(9-7-28)57-62-41-27-43(76(71,72)73)46(52)48(45(41)51)64-59-34-16-12-32(13-17-34)55-56-35-18-21-37(22-19-35)74(65,66)67/h1-27H,49-52H2,(H,65,66,67)(H,68,69,70)(H,71,72,73).